The second-order valence-corrected chi connectivity index (χ2v) is 5.17. The quantitative estimate of drug-likeness (QED) is 0.759. The summed E-state index contributed by atoms with van der Waals surface area (Å²) in [6.45, 7) is 8.50. The number of unbranched alkanes of at least 4 members (excludes halogenated alkanes) is 2. The van der Waals surface area contributed by atoms with Crippen molar-refractivity contribution in [3.05, 3.63) is 23.9 Å². The molecule has 0 aromatic carbocycles. The average Bonchev–Trinajstić information content (AvgIpc) is 2.89. The van der Waals surface area contributed by atoms with E-state index in [1.54, 1.807) is 0 Å². The molecule has 0 spiro atoms. The fraction of sp³-hybridized carbons (Fsp3) is 0.625. The number of hydrogen-bond acceptors (Lipinski definition) is 2. The molecule has 2 rings (SSSR count). The Morgan fingerprint density at radius 1 is 1.32 bits per heavy atom. The van der Waals surface area contributed by atoms with E-state index in [9.17, 15) is 0 Å². The number of hydrogen-bond donors (Lipinski definition) is 1. The number of ether oxygens (including phenoxy) is 1. The van der Waals surface area contributed by atoms with Crippen LogP contribution in [0, 0.1) is 0 Å². The highest BCUT2D eigenvalue weighted by Gasteiger charge is 2.13. The van der Waals surface area contributed by atoms with Gasteiger partial charge in [0.25, 0.3) is 0 Å². The molecule has 1 aliphatic rings. The Hall–Kier alpha value is -1.22. The summed E-state index contributed by atoms with van der Waals surface area (Å²) in [4.78, 5) is 5.73. The Labute approximate surface area is 116 Å². The first-order valence-electron chi connectivity index (χ1n) is 7.56. The highest BCUT2D eigenvalue weighted by molar-refractivity contribution is 5.67. The molecule has 106 valence electrons. The Balaban J connectivity index is 1.85. The van der Waals surface area contributed by atoms with Crippen molar-refractivity contribution in [1.29, 1.82) is 0 Å². The predicted molar refractivity (Wildman–Crippen MR) is 80.5 cm³/mol. The van der Waals surface area contributed by atoms with Crippen LogP contribution in [0.25, 0.3) is 5.57 Å². The topological polar surface area (TPSA) is 28.3 Å². The van der Waals surface area contributed by atoms with E-state index in [4.69, 9.17) is 4.74 Å². The summed E-state index contributed by atoms with van der Waals surface area (Å²) in [5.41, 5.74) is 2.74. The highest BCUT2D eigenvalue weighted by Crippen LogP contribution is 2.25. The standard InChI is InChI=1S/C16H26N2O/c1-3-5-6-9-18-10-7-14(8-11-18)15-12-16(17-13-15)19-4-2/h7,12-13,17H,3-6,8-11H2,1-2H3. The summed E-state index contributed by atoms with van der Waals surface area (Å²) in [6, 6.07) is 2.11. The minimum atomic E-state index is 0.713. The van der Waals surface area contributed by atoms with Crippen LogP contribution in [0.5, 0.6) is 5.88 Å². The van der Waals surface area contributed by atoms with Crippen LogP contribution in [-0.4, -0.2) is 36.1 Å². The number of nitrogens with zero attached hydrogens (tertiary/aromatic N) is 1. The Morgan fingerprint density at radius 3 is 2.89 bits per heavy atom. The molecule has 0 radical (unpaired) electrons. The molecule has 0 unspecified atom stereocenters. The highest BCUT2D eigenvalue weighted by atomic mass is 16.5. The average molecular weight is 262 g/mol. The van der Waals surface area contributed by atoms with Gasteiger partial charge >= 0.3 is 0 Å². The maximum atomic E-state index is 5.47. The molecule has 0 bridgehead atoms. The molecule has 1 aliphatic heterocycles. The van der Waals surface area contributed by atoms with Crippen LogP contribution in [0.3, 0.4) is 0 Å². The third kappa shape index (κ3) is 4.13. The first-order valence-corrected chi connectivity index (χ1v) is 7.56. The second-order valence-electron chi connectivity index (χ2n) is 5.17. The van der Waals surface area contributed by atoms with E-state index in [2.05, 4.69) is 35.1 Å². The van der Waals surface area contributed by atoms with Gasteiger partial charge in [-0.2, -0.15) is 0 Å². The van der Waals surface area contributed by atoms with E-state index in [1.807, 2.05) is 6.92 Å². The van der Waals surface area contributed by atoms with Gasteiger partial charge in [-0.1, -0.05) is 25.8 Å². The second kappa shape index (κ2) is 7.39. The number of aromatic amines is 1. The van der Waals surface area contributed by atoms with Gasteiger partial charge in [0.1, 0.15) is 0 Å². The maximum absolute atomic E-state index is 5.47. The van der Waals surface area contributed by atoms with Crippen LogP contribution in [0.4, 0.5) is 0 Å². The summed E-state index contributed by atoms with van der Waals surface area (Å²) in [5.74, 6) is 0.878. The van der Waals surface area contributed by atoms with Crippen molar-refractivity contribution in [3.8, 4) is 5.88 Å². The van der Waals surface area contributed by atoms with Gasteiger partial charge in [0.15, 0.2) is 5.88 Å². The van der Waals surface area contributed by atoms with Crippen LogP contribution in [0.2, 0.25) is 0 Å². The summed E-state index contributed by atoms with van der Waals surface area (Å²) in [7, 11) is 0. The Bertz CT molecular complexity index is 409. The van der Waals surface area contributed by atoms with Crippen molar-refractivity contribution < 1.29 is 4.74 Å². The number of H-pyrrole nitrogens is 1. The lowest BCUT2D eigenvalue weighted by molar-refractivity contribution is 0.294. The SMILES string of the molecule is CCCCCN1CC=C(c2c[nH]c(OCC)c2)CC1. The monoisotopic (exact) mass is 262 g/mol. The van der Waals surface area contributed by atoms with E-state index in [1.165, 1.54) is 43.5 Å². The van der Waals surface area contributed by atoms with Gasteiger partial charge in [-0.25, -0.2) is 0 Å². The lowest BCUT2D eigenvalue weighted by Gasteiger charge is -2.25. The molecule has 0 aliphatic carbocycles. The first-order chi connectivity index (χ1) is 9.33. The van der Waals surface area contributed by atoms with Crippen LogP contribution in [-0.2, 0) is 0 Å². The molecule has 1 aromatic heterocycles. The number of aromatic nitrogens is 1. The largest absolute Gasteiger partial charge is 0.479 e. The first kappa shape index (κ1) is 14.2. The number of rotatable bonds is 7. The van der Waals surface area contributed by atoms with Gasteiger partial charge in [-0.15, -0.1) is 0 Å². The normalized spacial score (nSPS) is 16.4. The molecular formula is C16H26N2O. The van der Waals surface area contributed by atoms with E-state index >= 15 is 0 Å². The molecule has 0 fully saturated rings. The van der Waals surface area contributed by atoms with E-state index in [-0.39, 0.29) is 0 Å². The maximum Gasteiger partial charge on any atom is 0.191 e. The lowest BCUT2D eigenvalue weighted by atomic mass is 10.0. The molecule has 0 saturated heterocycles. The fourth-order valence-corrected chi connectivity index (χ4v) is 2.56. The van der Waals surface area contributed by atoms with Crippen molar-refractivity contribution in [2.75, 3.05) is 26.2 Å². The molecular weight excluding hydrogens is 236 g/mol. The lowest BCUT2D eigenvalue weighted by Crippen LogP contribution is -2.29. The minimum Gasteiger partial charge on any atom is -0.479 e. The van der Waals surface area contributed by atoms with Crippen LogP contribution < -0.4 is 4.74 Å². The third-order valence-electron chi connectivity index (χ3n) is 3.70. The van der Waals surface area contributed by atoms with Gasteiger partial charge in [0.2, 0.25) is 0 Å². The summed E-state index contributed by atoms with van der Waals surface area (Å²) in [6.07, 6.45) is 9.56. The molecule has 3 heteroatoms. The summed E-state index contributed by atoms with van der Waals surface area (Å²) < 4.78 is 5.47. The molecule has 1 aromatic rings. The van der Waals surface area contributed by atoms with Crippen molar-refractivity contribution in [2.45, 2.75) is 39.5 Å². The van der Waals surface area contributed by atoms with Crippen LogP contribution in [0.15, 0.2) is 18.3 Å². The molecule has 3 nitrogen and oxygen atoms in total. The zero-order chi connectivity index (χ0) is 13.5. The van der Waals surface area contributed by atoms with Gasteiger partial charge < -0.3 is 9.72 Å². The fourth-order valence-electron chi connectivity index (χ4n) is 2.56. The van der Waals surface area contributed by atoms with Gasteiger partial charge in [-0.05, 0) is 37.4 Å². The molecule has 2 heterocycles. The van der Waals surface area contributed by atoms with Crippen molar-refractivity contribution in [3.63, 3.8) is 0 Å². The minimum absolute atomic E-state index is 0.713. The third-order valence-corrected chi connectivity index (χ3v) is 3.70. The molecule has 19 heavy (non-hydrogen) atoms. The molecule has 0 saturated carbocycles. The summed E-state index contributed by atoms with van der Waals surface area (Å²) in [5, 5.41) is 0. The van der Waals surface area contributed by atoms with Gasteiger partial charge in [0, 0.05) is 25.4 Å². The zero-order valence-electron chi connectivity index (χ0n) is 12.2. The smallest absolute Gasteiger partial charge is 0.191 e. The van der Waals surface area contributed by atoms with Crippen molar-refractivity contribution >= 4 is 5.57 Å². The van der Waals surface area contributed by atoms with E-state index < -0.39 is 0 Å². The van der Waals surface area contributed by atoms with Crippen molar-refractivity contribution in [2.24, 2.45) is 0 Å². The summed E-state index contributed by atoms with van der Waals surface area (Å²) >= 11 is 0. The Kier molecular flexibility index (Phi) is 5.52. The molecule has 0 amide bonds. The Morgan fingerprint density at radius 2 is 2.21 bits per heavy atom. The van der Waals surface area contributed by atoms with Gasteiger partial charge in [0.05, 0.1) is 6.61 Å². The van der Waals surface area contributed by atoms with Crippen molar-refractivity contribution in [1.82, 2.24) is 9.88 Å². The predicted octanol–water partition coefficient (Wildman–Crippen LogP) is 3.69. The molecule has 0 atom stereocenters. The number of nitrogens with one attached hydrogen (secondary N) is 1. The van der Waals surface area contributed by atoms with Crippen LogP contribution >= 0.6 is 0 Å². The van der Waals surface area contributed by atoms with E-state index in [0.29, 0.717) is 6.61 Å². The zero-order valence-corrected chi connectivity index (χ0v) is 12.2. The van der Waals surface area contributed by atoms with E-state index in [0.717, 1.165) is 18.8 Å². The molecule has 1 N–H and O–H groups in total. The van der Waals surface area contributed by atoms with Crippen LogP contribution in [0.1, 0.15) is 45.1 Å². The van der Waals surface area contributed by atoms with Gasteiger partial charge in [-0.3, -0.25) is 4.90 Å².